The molecule has 0 saturated carbocycles. The van der Waals surface area contributed by atoms with Crippen LogP contribution in [0.25, 0.3) is 0 Å². The topological polar surface area (TPSA) is 128 Å². The van der Waals surface area contributed by atoms with Crippen LogP contribution in [0.15, 0.2) is 47.4 Å². The molecule has 0 aromatic heterocycles. The van der Waals surface area contributed by atoms with Crippen molar-refractivity contribution < 1.29 is 22.9 Å². The molecule has 0 aliphatic rings. The van der Waals surface area contributed by atoms with Gasteiger partial charge in [0.15, 0.2) is 6.61 Å². The van der Waals surface area contributed by atoms with Crippen molar-refractivity contribution in [1.82, 2.24) is 10.0 Å². The van der Waals surface area contributed by atoms with Gasteiger partial charge in [0.05, 0.1) is 9.82 Å². The molecule has 9 nitrogen and oxygen atoms in total. The molecule has 0 spiro atoms. The minimum atomic E-state index is -3.93. The van der Waals surface area contributed by atoms with E-state index in [1.165, 1.54) is 18.2 Å². The molecular weight excluding hydrogens is 410 g/mol. The lowest BCUT2D eigenvalue weighted by atomic mass is 10.2. The predicted octanol–water partition coefficient (Wildman–Crippen LogP) is 2.03. The minimum Gasteiger partial charge on any atom is -0.484 e. The van der Waals surface area contributed by atoms with Crippen molar-refractivity contribution in [1.29, 1.82) is 0 Å². The van der Waals surface area contributed by atoms with E-state index in [0.717, 1.165) is 11.6 Å². The van der Waals surface area contributed by atoms with Gasteiger partial charge in [0.25, 0.3) is 11.6 Å². The molecule has 2 aromatic rings. The third-order valence-electron chi connectivity index (χ3n) is 3.57. The van der Waals surface area contributed by atoms with Gasteiger partial charge in [-0.3, -0.25) is 14.9 Å². The average molecular weight is 428 g/mol. The van der Waals surface area contributed by atoms with E-state index < -0.39 is 20.9 Å². The van der Waals surface area contributed by atoms with Crippen LogP contribution in [0.3, 0.4) is 0 Å². The van der Waals surface area contributed by atoms with E-state index in [-0.39, 0.29) is 30.3 Å². The van der Waals surface area contributed by atoms with Crippen LogP contribution in [0.2, 0.25) is 5.02 Å². The van der Waals surface area contributed by atoms with E-state index in [1.807, 2.05) is 0 Å². The number of rotatable bonds is 9. The van der Waals surface area contributed by atoms with Crippen LogP contribution in [-0.2, 0) is 14.8 Å². The maximum Gasteiger partial charge on any atom is 0.270 e. The van der Waals surface area contributed by atoms with E-state index in [1.54, 1.807) is 25.1 Å². The molecule has 0 aliphatic heterocycles. The SMILES string of the molecule is Cc1cc(Cl)ccc1OCC(=O)NCCNS(=O)(=O)c1cccc([N+](=O)[O-])c1. The van der Waals surface area contributed by atoms with Gasteiger partial charge in [-0.15, -0.1) is 0 Å². The number of carbonyl (C=O) groups is 1. The van der Waals surface area contributed by atoms with E-state index in [0.29, 0.717) is 10.8 Å². The van der Waals surface area contributed by atoms with Gasteiger partial charge in [-0.25, -0.2) is 13.1 Å². The molecule has 0 atom stereocenters. The Morgan fingerprint density at radius 1 is 1.21 bits per heavy atom. The van der Waals surface area contributed by atoms with Crippen LogP contribution in [-0.4, -0.2) is 38.9 Å². The maximum atomic E-state index is 12.1. The third kappa shape index (κ3) is 6.19. The highest BCUT2D eigenvalue weighted by atomic mass is 35.5. The van der Waals surface area contributed by atoms with Crippen LogP contribution >= 0.6 is 11.6 Å². The molecule has 0 aliphatic carbocycles. The van der Waals surface area contributed by atoms with Gasteiger partial charge >= 0.3 is 0 Å². The number of benzene rings is 2. The number of carbonyl (C=O) groups excluding carboxylic acids is 1. The summed E-state index contributed by atoms with van der Waals surface area (Å²) in [6.07, 6.45) is 0. The van der Waals surface area contributed by atoms with Gasteiger partial charge < -0.3 is 10.1 Å². The Hall–Kier alpha value is -2.69. The van der Waals surface area contributed by atoms with Crippen molar-refractivity contribution in [2.45, 2.75) is 11.8 Å². The highest BCUT2D eigenvalue weighted by Gasteiger charge is 2.17. The van der Waals surface area contributed by atoms with Gasteiger partial charge in [-0.1, -0.05) is 17.7 Å². The molecule has 0 unspecified atom stereocenters. The summed E-state index contributed by atoms with van der Waals surface area (Å²) >= 11 is 5.85. The number of sulfonamides is 1. The van der Waals surface area contributed by atoms with Gasteiger partial charge in [0.1, 0.15) is 5.75 Å². The summed E-state index contributed by atoms with van der Waals surface area (Å²) in [5, 5.41) is 13.8. The molecule has 0 bridgehead atoms. The number of hydrogen-bond acceptors (Lipinski definition) is 6. The first-order chi connectivity index (χ1) is 13.2. The van der Waals surface area contributed by atoms with Crippen molar-refractivity contribution >= 4 is 33.2 Å². The van der Waals surface area contributed by atoms with Crippen LogP contribution in [0.4, 0.5) is 5.69 Å². The molecular formula is C17H18ClN3O6S. The Labute approximate surface area is 166 Å². The van der Waals surface area contributed by atoms with Crippen molar-refractivity contribution in [3.05, 3.63) is 63.2 Å². The van der Waals surface area contributed by atoms with Crippen LogP contribution in [0, 0.1) is 17.0 Å². The first-order valence-electron chi connectivity index (χ1n) is 8.09. The fourth-order valence-electron chi connectivity index (χ4n) is 2.20. The zero-order valence-electron chi connectivity index (χ0n) is 14.8. The van der Waals surface area contributed by atoms with E-state index in [2.05, 4.69) is 10.0 Å². The molecule has 2 aromatic carbocycles. The largest absolute Gasteiger partial charge is 0.484 e. The normalized spacial score (nSPS) is 11.1. The highest BCUT2D eigenvalue weighted by molar-refractivity contribution is 7.89. The van der Waals surface area contributed by atoms with Gasteiger partial charge in [-0.2, -0.15) is 0 Å². The molecule has 0 radical (unpaired) electrons. The average Bonchev–Trinajstić information content (AvgIpc) is 2.64. The lowest BCUT2D eigenvalue weighted by Gasteiger charge is -2.10. The number of nitro groups is 1. The molecule has 0 saturated heterocycles. The smallest absolute Gasteiger partial charge is 0.270 e. The zero-order valence-corrected chi connectivity index (χ0v) is 16.4. The summed E-state index contributed by atoms with van der Waals surface area (Å²) in [5.74, 6) is 0.0924. The number of non-ortho nitro benzene ring substituents is 1. The molecule has 2 N–H and O–H groups in total. The van der Waals surface area contributed by atoms with E-state index in [4.69, 9.17) is 16.3 Å². The molecule has 11 heteroatoms. The van der Waals surface area contributed by atoms with Gasteiger partial charge in [0, 0.05) is 30.2 Å². The van der Waals surface area contributed by atoms with Gasteiger partial charge in [-0.05, 0) is 36.8 Å². The number of nitrogens with one attached hydrogen (secondary N) is 2. The second-order valence-corrected chi connectivity index (χ2v) is 7.90. The first kappa shape index (κ1) is 21.6. The second-order valence-electron chi connectivity index (χ2n) is 5.70. The number of nitrogens with zero attached hydrogens (tertiary/aromatic N) is 1. The van der Waals surface area contributed by atoms with Crippen LogP contribution in [0.5, 0.6) is 5.75 Å². The van der Waals surface area contributed by atoms with Crippen molar-refractivity contribution in [2.75, 3.05) is 19.7 Å². The van der Waals surface area contributed by atoms with E-state index >= 15 is 0 Å². The summed E-state index contributed by atoms with van der Waals surface area (Å²) in [6.45, 7) is 1.49. The number of aryl methyl sites for hydroxylation is 1. The molecule has 0 heterocycles. The number of ether oxygens (including phenoxy) is 1. The summed E-state index contributed by atoms with van der Waals surface area (Å²) in [4.78, 5) is 21.6. The Kier molecular flexibility index (Phi) is 7.32. The lowest BCUT2D eigenvalue weighted by molar-refractivity contribution is -0.385. The predicted molar refractivity (Wildman–Crippen MR) is 103 cm³/mol. The summed E-state index contributed by atoms with van der Waals surface area (Å²) in [5.41, 5.74) is 0.454. The number of amides is 1. The Morgan fingerprint density at radius 3 is 2.64 bits per heavy atom. The first-order valence-corrected chi connectivity index (χ1v) is 9.95. The van der Waals surface area contributed by atoms with Crippen molar-refractivity contribution in [2.24, 2.45) is 0 Å². The minimum absolute atomic E-state index is 0.0238. The standard InChI is InChI=1S/C17H18ClN3O6S/c1-12-9-13(18)5-6-16(12)27-11-17(22)19-7-8-20-28(25,26)15-4-2-3-14(10-15)21(23)24/h2-6,9-10,20H,7-8,11H2,1H3,(H,19,22). The Balaban J connectivity index is 1.79. The van der Waals surface area contributed by atoms with Crippen molar-refractivity contribution in [3.63, 3.8) is 0 Å². The number of hydrogen-bond donors (Lipinski definition) is 2. The molecule has 150 valence electrons. The molecule has 1 amide bonds. The van der Waals surface area contributed by atoms with Crippen LogP contribution < -0.4 is 14.8 Å². The fraction of sp³-hybridized carbons (Fsp3) is 0.235. The van der Waals surface area contributed by atoms with E-state index in [9.17, 15) is 23.3 Å². The molecule has 28 heavy (non-hydrogen) atoms. The number of nitro benzene ring substituents is 1. The van der Waals surface area contributed by atoms with Crippen LogP contribution in [0.1, 0.15) is 5.56 Å². The third-order valence-corrected chi connectivity index (χ3v) is 5.27. The van der Waals surface area contributed by atoms with Crippen molar-refractivity contribution in [3.8, 4) is 5.75 Å². The Bertz CT molecular complexity index is 981. The quantitative estimate of drug-likeness (QED) is 0.358. The zero-order chi connectivity index (χ0) is 20.7. The highest BCUT2D eigenvalue weighted by Crippen LogP contribution is 2.21. The number of halogens is 1. The summed E-state index contributed by atoms with van der Waals surface area (Å²) in [7, 11) is -3.93. The summed E-state index contributed by atoms with van der Waals surface area (Å²) < 4.78 is 31.9. The lowest BCUT2D eigenvalue weighted by Crippen LogP contribution is -2.36. The summed E-state index contributed by atoms with van der Waals surface area (Å²) in [6, 6.07) is 9.69. The molecule has 2 rings (SSSR count). The van der Waals surface area contributed by atoms with Gasteiger partial charge in [0.2, 0.25) is 10.0 Å². The monoisotopic (exact) mass is 427 g/mol. The second kappa shape index (κ2) is 9.49. The molecule has 0 fully saturated rings. The maximum absolute atomic E-state index is 12.1. The Morgan fingerprint density at radius 2 is 1.96 bits per heavy atom. The fourth-order valence-corrected chi connectivity index (χ4v) is 3.50.